The van der Waals surface area contributed by atoms with Gasteiger partial charge in [-0.1, -0.05) is 12.1 Å². The van der Waals surface area contributed by atoms with E-state index in [1.807, 2.05) is 18.2 Å². The summed E-state index contributed by atoms with van der Waals surface area (Å²) in [6.07, 6.45) is 2.12. The van der Waals surface area contributed by atoms with Crippen LogP contribution in [-0.4, -0.2) is 37.3 Å². The molecule has 2 aliphatic rings. The lowest BCUT2D eigenvalue weighted by molar-refractivity contribution is 0.0994. The number of anilines is 1. The molecule has 0 atom stereocenters. The van der Waals surface area contributed by atoms with Crippen molar-refractivity contribution in [2.75, 3.05) is 26.0 Å². The minimum absolute atomic E-state index is 0.0943. The molecular weight excluding hydrogens is 328 g/mol. The fourth-order valence-corrected chi connectivity index (χ4v) is 3.87. The number of amides is 1. The van der Waals surface area contributed by atoms with Crippen LogP contribution in [0.4, 0.5) is 5.69 Å². The third kappa shape index (κ3) is 2.88. The van der Waals surface area contributed by atoms with Crippen molar-refractivity contribution in [1.29, 1.82) is 0 Å². The normalized spacial score (nSPS) is 16.2. The highest BCUT2D eigenvalue weighted by Gasteiger charge is 2.25. The molecule has 2 aromatic carbocycles. The van der Waals surface area contributed by atoms with Crippen LogP contribution < -0.4 is 10.1 Å². The number of carbonyl (C=O) groups is 2. The van der Waals surface area contributed by atoms with Gasteiger partial charge in [-0.3, -0.25) is 9.59 Å². The molecule has 26 heavy (non-hydrogen) atoms. The van der Waals surface area contributed by atoms with E-state index in [0.717, 1.165) is 30.8 Å². The monoisotopic (exact) mass is 350 g/mol. The van der Waals surface area contributed by atoms with Crippen LogP contribution in [0.2, 0.25) is 0 Å². The van der Waals surface area contributed by atoms with E-state index in [4.69, 9.17) is 4.74 Å². The molecule has 0 aromatic heterocycles. The Kier molecular flexibility index (Phi) is 4.24. The standard InChI is InChI=1S/C21H22N2O3/c1-23-9-8-15-14(12-23)4-3-5-18(15)22-21(25)17-11-16-13(6-7-19(16)24)10-20(17)26-2/h3-5,10-11H,6-9,12H2,1-2H3,(H,22,25). The fourth-order valence-electron chi connectivity index (χ4n) is 3.87. The third-order valence-corrected chi connectivity index (χ3v) is 5.30. The second kappa shape index (κ2) is 6.57. The molecule has 5 heteroatoms. The molecule has 0 saturated heterocycles. The summed E-state index contributed by atoms with van der Waals surface area (Å²) in [7, 11) is 3.65. The van der Waals surface area contributed by atoms with Crippen molar-refractivity contribution in [2.45, 2.75) is 25.8 Å². The first-order chi connectivity index (χ1) is 12.6. The molecule has 134 valence electrons. The molecule has 4 rings (SSSR count). The zero-order valence-corrected chi connectivity index (χ0v) is 15.1. The first-order valence-electron chi connectivity index (χ1n) is 8.91. The Morgan fingerprint density at radius 1 is 1.15 bits per heavy atom. The topological polar surface area (TPSA) is 58.6 Å². The highest BCUT2D eigenvalue weighted by Crippen LogP contribution is 2.31. The largest absolute Gasteiger partial charge is 0.496 e. The molecule has 1 amide bonds. The van der Waals surface area contributed by atoms with Crippen molar-refractivity contribution in [2.24, 2.45) is 0 Å². The number of nitrogens with zero attached hydrogens (tertiary/aromatic N) is 1. The molecule has 2 aromatic rings. The number of nitrogens with one attached hydrogen (secondary N) is 1. The number of hydrogen-bond donors (Lipinski definition) is 1. The molecule has 1 N–H and O–H groups in total. The Labute approximate surface area is 153 Å². The summed E-state index contributed by atoms with van der Waals surface area (Å²) in [5, 5.41) is 3.03. The van der Waals surface area contributed by atoms with Crippen LogP contribution in [0.15, 0.2) is 30.3 Å². The fraction of sp³-hybridized carbons (Fsp3) is 0.333. The number of Topliss-reactive ketones (excluding diaryl/α,β-unsaturated/α-hetero) is 1. The molecular formula is C21H22N2O3. The summed E-state index contributed by atoms with van der Waals surface area (Å²) in [5.74, 6) is 0.369. The van der Waals surface area contributed by atoms with Gasteiger partial charge in [-0.25, -0.2) is 0 Å². The molecule has 1 aliphatic heterocycles. The number of rotatable bonds is 3. The molecule has 0 unspecified atom stereocenters. The third-order valence-electron chi connectivity index (χ3n) is 5.30. The van der Waals surface area contributed by atoms with Gasteiger partial charge in [-0.05, 0) is 54.8 Å². The van der Waals surface area contributed by atoms with Gasteiger partial charge >= 0.3 is 0 Å². The number of likely N-dealkylation sites (N-methyl/N-ethyl adjacent to an activating group) is 1. The Morgan fingerprint density at radius 3 is 2.81 bits per heavy atom. The molecule has 0 fully saturated rings. The summed E-state index contributed by atoms with van der Waals surface area (Å²) in [4.78, 5) is 27.2. The zero-order valence-electron chi connectivity index (χ0n) is 15.1. The van der Waals surface area contributed by atoms with Crippen LogP contribution in [0.25, 0.3) is 0 Å². The summed E-state index contributed by atoms with van der Waals surface area (Å²) in [5.41, 5.74) is 5.29. The highest BCUT2D eigenvalue weighted by molar-refractivity contribution is 6.09. The predicted octanol–water partition coefficient (Wildman–Crippen LogP) is 3.06. The van der Waals surface area contributed by atoms with Crippen molar-refractivity contribution < 1.29 is 14.3 Å². The van der Waals surface area contributed by atoms with E-state index in [9.17, 15) is 9.59 Å². The van der Waals surface area contributed by atoms with Gasteiger partial charge < -0.3 is 15.0 Å². The van der Waals surface area contributed by atoms with E-state index < -0.39 is 0 Å². The lowest BCUT2D eigenvalue weighted by Gasteiger charge is -2.26. The maximum Gasteiger partial charge on any atom is 0.259 e. The van der Waals surface area contributed by atoms with Gasteiger partial charge in [0.25, 0.3) is 5.91 Å². The second-order valence-corrected chi connectivity index (χ2v) is 7.02. The maximum atomic E-state index is 12.9. The van der Waals surface area contributed by atoms with Crippen LogP contribution in [0.5, 0.6) is 5.75 Å². The molecule has 5 nitrogen and oxygen atoms in total. The van der Waals surface area contributed by atoms with Crippen molar-refractivity contribution in [1.82, 2.24) is 4.90 Å². The van der Waals surface area contributed by atoms with E-state index in [1.165, 1.54) is 11.1 Å². The van der Waals surface area contributed by atoms with E-state index in [2.05, 4.69) is 23.3 Å². The van der Waals surface area contributed by atoms with Gasteiger partial charge in [0.15, 0.2) is 5.78 Å². The van der Waals surface area contributed by atoms with Crippen LogP contribution in [0, 0.1) is 0 Å². The number of methoxy groups -OCH3 is 1. The Morgan fingerprint density at radius 2 is 2.00 bits per heavy atom. The summed E-state index contributed by atoms with van der Waals surface area (Å²) >= 11 is 0. The second-order valence-electron chi connectivity index (χ2n) is 7.02. The predicted molar refractivity (Wildman–Crippen MR) is 100 cm³/mol. The summed E-state index contributed by atoms with van der Waals surface area (Å²) < 4.78 is 5.41. The molecule has 0 saturated carbocycles. The van der Waals surface area contributed by atoms with E-state index in [0.29, 0.717) is 29.7 Å². The van der Waals surface area contributed by atoms with Crippen molar-refractivity contribution in [3.63, 3.8) is 0 Å². The summed E-state index contributed by atoms with van der Waals surface area (Å²) in [6, 6.07) is 9.52. The Balaban J connectivity index is 1.67. The molecule has 0 bridgehead atoms. The maximum absolute atomic E-state index is 12.9. The Hall–Kier alpha value is -2.66. The first-order valence-corrected chi connectivity index (χ1v) is 8.91. The lowest BCUT2D eigenvalue weighted by atomic mass is 9.97. The minimum atomic E-state index is -0.239. The lowest BCUT2D eigenvalue weighted by Crippen LogP contribution is -2.27. The van der Waals surface area contributed by atoms with Gasteiger partial charge in [0.2, 0.25) is 0 Å². The number of hydrogen-bond acceptors (Lipinski definition) is 4. The van der Waals surface area contributed by atoms with Crippen molar-refractivity contribution in [3.05, 3.63) is 58.1 Å². The SMILES string of the molecule is COc1cc2c(cc1C(=O)Nc1cccc3c1CCN(C)C3)C(=O)CC2. The van der Waals surface area contributed by atoms with Crippen LogP contribution in [0.3, 0.4) is 0 Å². The van der Waals surface area contributed by atoms with Crippen molar-refractivity contribution >= 4 is 17.4 Å². The average Bonchev–Trinajstić information content (AvgIpc) is 3.00. The average molecular weight is 350 g/mol. The van der Waals surface area contributed by atoms with Gasteiger partial charge in [0.05, 0.1) is 12.7 Å². The quantitative estimate of drug-likeness (QED) is 0.924. The first kappa shape index (κ1) is 16.8. The van der Waals surface area contributed by atoms with E-state index >= 15 is 0 Å². The number of benzene rings is 2. The number of ether oxygens (including phenoxy) is 1. The van der Waals surface area contributed by atoms with Crippen LogP contribution >= 0.6 is 0 Å². The molecule has 0 spiro atoms. The zero-order chi connectivity index (χ0) is 18.3. The minimum Gasteiger partial charge on any atom is -0.496 e. The van der Waals surface area contributed by atoms with Gasteiger partial charge in [-0.2, -0.15) is 0 Å². The van der Waals surface area contributed by atoms with Crippen LogP contribution in [-0.2, 0) is 19.4 Å². The molecule has 1 aliphatic carbocycles. The van der Waals surface area contributed by atoms with E-state index in [-0.39, 0.29) is 11.7 Å². The molecule has 0 radical (unpaired) electrons. The number of fused-ring (bicyclic) bond motifs is 2. The smallest absolute Gasteiger partial charge is 0.259 e. The number of carbonyl (C=O) groups excluding carboxylic acids is 2. The number of ketones is 1. The van der Waals surface area contributed by atoms with Gasteiger partial charge in [0, 0.05) is 30.8 Å². The van der Waals surface area contributed by atoms with Gasteiger partial charge in [-0.15, -0.1) is 0 Å². The van der Waals surface area contributed by atoms with Gasteiger partial charge in [0.1, 0.15) is 5.75 Å². The van der Waals surface area contributed by atoms with Crippen LogP contribution in [0.1, 0.15) is 43.8 Å². The van der Waals surface area contributed by atoms with Crippen molar-refractivity contribution in [3.8, 4) is 5.75 Å². The Bertz CT molecular complexity index is 904. The number of aryl methyl sites for hydroxylation is 1. The summed E-state index contributed by atoms with van der Waals surface area (Å²) in [6.45, 7) is 1.85. The van der Waals surface area contributed by atoms with E-state index in [1.54, 1.807) is 13.2 Å². The molecule has 1 heterocycles. The highest BCUT2D eigenvalue weighted by atomic mass is 16.5.